The maximum Gasteiger partial charge on any atom is 0.410 e. The minimum absolute atomic E-state index is 0.0635. The number of ether oxygens (including phenoxy) is 3. The molecule has 3 unspecified atom stereocenters. The Labute approximate surface area is 387 Å². The summed E-state index contributed by atoms with van der Waals surface area (Å²) in [7, 11) is 6.24. The fourth-order valence-electron chi connectivity index (χ4n) is 10.2. The van der Waals surface area contributed by atoms with Crippen molar-refractivity contribution in [3.05, 3.63) is 35.9 Å². The van der Waals surface area contributed by atoms with Crippen molar-refractivity contribution >= 4 is 35.7 Å². The van der Waals surface area contributed by atoms with Gasteiger partial charge in [0.2, 0.25) is 23.6 Å². The molecule has 15 nitrogen and oxygen atoms in total. The van der Waals surface area contributed by atoms with E-state index in [1.807, 2.05) is 59.7 Å². The summed E-state index contributed by atoms with van der Waals surface area (Å²) in [6, 6.07) is 5.05. The van der Waals surface area contributed by atoms with Gasteiger partial charge in [-0.3, -0.25) is 24.1 Å². The van der Waals surface area contributed by atoms with Gasteiger partial charge < -0.3 is 39.8 Å². The van der Waals surface area contributed by atoms with Gasteiger partial charge in [0.05, 0.1) is 43.2 Å². The van der Waals surface area contributed by atoms with E-state index in [0.717, 1.165) is 31.2 Å². The van der Waals surface area contributed by atoms with E-state index in [1.165, 1.54) is 19.1 Å². The Morgan fingerprint density at radius 2 is 1.48 bits per heavy atom. The highest BCUT2D eigenvalue weighted by Gasteiger charge is 2.50. The second-order valence-corrected chi connectivity index (χ2v) is 19.2. The Morgan fingerprint density at radius 3 is 2.02 bits per heavy atom. The average Bonchev–Trinajstić information content (AvgIpc) is 3.64. The minimum Gasteiger partial charge on any atom is -0.480 e. The number of hydrogen-bond acceptors (Lipinski definition) is 9. The number of aliphatic carboxylic acids is 1. The van der Waals surface area contributed by atoms with Gasteiger partial charge >= 0.3 is 12.1 Å². The van der Waals surface area contributed by atoms with E-state index < -0.39 is 72.2 Å². The van der Waals surface area contributed by atoms with E-state index in [2.05, 4.69) is 22.5 Å². The molecule has 1 heterocycles. The zero-order valence-corrected chi connectivity index (χ0v) is 40.7. The number of carboxylic acids is 1. The van der Waals surface area contributed by atoms with E-state index in [4.69, 9.17) is 14.2 Å². The number of methoxy groups -OCH3 is 2. The molecule has 1 saturated heterocycles. The lowest BCUT2D eigenvalue weighted by Crippen LogP contribution is -2.60. The molecule has 15 heteroatoms. The number of likely N-dealkylation sites (N-methyl/N-ethyl adjacent to an activating group) is 2. The molecule has 1 saturated carbocycles. The van der Waals surface area contributed by atoms with Crippen molar-refractivity contribution in [3.8, 4) is 11.8 Å². The molecule has 0 bridgehead atoms. The molecule has 0 spiro atoms. The van der Waals surface area contributed by atoms with Gasteiger partial charge in [-0.15, -0.1) is 11.8 Å². The first kappa shape index (κ1) is 52.9. The van der Waals surface area contributed by atoms with Crippen LogP contribution in [0.25, 0.3) is 0 Å². The first-order chi connectivity index (χ1) is 30.9. The van der Waals surface area contributed by atoms with Gasteiger partial charge in [-0.05, 0) is 66.8 Å². The van der Waals surface area contributed by atoms with Crippen LogP contribution < -0.4 is 10.6 Å². The Balaban J connectivity index is 1.43. The summed E-state index contributed by atoms with van der Waals surface area (Å²) < 4.78 is 17.7. The molecule has 2 aliphatic carbocycles. The largest absolute Gasteiger partial charge is 0.480 e. The van der Waals surface area contributed by atoms with E-state index >= 15 is 0 Å². The number of carboxylic acid groups (broad SMARTS) is 1. The van der Waals surface area contributed by atoms with Crippen molar-refractivity contribution in [2.45, 2.75) is 149 Å². The molecule has 12 atom stereocenters. The molecule has 65 heavy (non-hydrogen) atoms. The molecule has 1 aromatic rings. The molecule has 4 rings (SSSR count). The van der Waals surface area contributed by atoms with Gasteiger partial charge in [0, 0.05) is 54.1 Å². The molecule has 3 N–H and O–H groups in total. The molecule has 5 amide bonds. The van der Waals surface area contributed by atoms with Crippen molar-refractivity contribution < 1.29 is 48.1 Å². The maximum atomic E-state index is 14.6. The third kappa shape index (κ3) is 13.7. The van der Waals surface area contributed by atoms with Gasteiger partial charge in [-0.1, -0.05) is 85.2 Å². The molecule has 362 valence electrons. The molecule has 2 fully saturated rings. The van der Waals surface area contributed by atoms with Crippen LogP contribution in [0.4, 0.5) is 4.79 Å². The predicted molar refractivity (Wildman–Crippen MR) is 247 cm³/mol. The van der Waals surface area contributed by atoms with Crippen LogP contribution in [0.1, 0.15) is 105 Å². The number of carbonyl (C=O) groups is 6. The maximum absolute atomic E-state index is 14.6. The fourth-order valence-corrected chi connectivity index (χ4v) is 10.2. The van der Waals surface area contributed by atoms with Crippen LogP contribution in [0, 0.1) is 53.3 Å². The van der Waals surface area contributed by atoms with E-state index in [0.29, 0.717) is 50.2 Å². The SMILES string of the molecule is CCC(C)[C@@H](C(CC(=O)N1CCC[C@H]1[C@H](OC)[C@@H](C)C(=O)N[C@@H](Cc1ccccc1)C(=O)O)OC)N(C)C(=O)[C@@H](NC(=O)[C@H](C(C)C)N(C)C(=O)OCC1[C@H]2CCC#CCC[C@@H]12)C(C)C. The fraction of sp³-hybridized carbons (Fsp3) is 0.720. The molecule has 1 aliphatic heterocycles. The Kier molecular flexibility index (Phi) is 20.1. The first-order valence-electron chi connectivity index (χ1n) is 23.7. The highest BCUT2D eigenvalue weighted by Crippen LogP contribution is 2.52. The second kappa shape index (κ2) is 24.7. The zero-order chi connectivity index (χ0) is 48.1. The van der Waals surface area contributed by atoms with Crippen LogP contribution in [0.5, 0.6) is 0 Å². The van der Waals surface area contributed by atoms with Crippen LogP contribution in [0.3, 0.4) is 0 Å². The Bertz CT molecular complexity index is 1810. The summed E-state index contributed by atoms with van der Waals surface area (Å²) in [5, 5.41) is 15.6. The number of rotatable bonds is 23. The molecule has 0 radical (unpaired) electrons. The topological polar surface area (TPSA) is 184 Å². The zero-order valence-electron chi connectivity index (χ0n) is 40.7. The minimum atomic E-state index is -1.15. The van der Waals surface area contributed by atoms with Crippen LogP contribution in [0.15, 0.2) is 30.3 Å². The summed E-state index contributed by atoms with van der Waals surface area (Å²) in [6.07, 6.45) is 3.69. The highest BCUT2D eigenvalue weighted by molar-refractivity contribution is 5.92. The second-order valence-electron chi connectivity index (χ2n) is 19.2. The monoisotopic (exact) mass is 908 g/mol. The summed E-state index contributed by atoms with van der Waals surface area (Å²) in [6.45, 7) is 13.8. The van der Waals surface area contributed by atoms with Gasteiger partial charge in [-0.2, -0.15) is 0 Å². The van der Waals surface area contributed by atoms with Crippen molar-refractivity contribution in [1.82, 2.24) is 25.3 Å². The van der Waals surface area contributed by atoms with Crippen LogP contribution in [-0.4, -0.2) is 139 Å². The van der Waals surface area contributed by atoms with Gasteiger partial charge in [0.15, 0.2) is 0 Å². The van der Waals surface area contributed by atoms with Gasteiger partial charge in [0.25, 0.3) is 0 Å². The smallest absolute Gasteiger partial charge is 0.410 e. The van der Waals surface area contributed by atoms with E-state index in [9.17, 15) is 33.9 Å². The van der Waals surface area contributed by atoms with Gasteiger partial charge in [0.1, 0.15) is 18.1 Å². The summed E-state index contributed by atoms with van der Waals surface area (Å²) in [5.41, 5.74) is 0.772. The van der Waals surface area contributed by atoms with Crippen molar-refractivity contribution in [3.63, 3.8) is 0 Å². The van der Waals surface area contributed by atoms with Crippen LogP contribution in [-0.2, 0) is 44.6 Å². The number of amides is 5. The predicted octanol–water partition coefficient (Wildman–Crippen LogP) is 5.39. The molecular formula is C50H77N5O10. The van der Waals surface area contributed by atoms with Crippen molar-refractivity contribution in [2.75, 3.05) is 41.5 Å². The van der Waals surface area contributed by atoms with E-state index in [-0.39, 0.29) is 42.4 Å². The standard InChI is InChI=1S/C50H77N5O10/c1-12-32(6)44(40(63-10)28-41(56)55-26-20-25-39(55)45(64-11)33(7)46(57)51-38(49(60)61)27-34-21-16-15-17-22-34)53(8)48(59)42(30(2)3)52-47(58)43(31(4)5)54(9)50(62)65-29-37-35-23-18-13-14-19-24-36(35)37/h15-17,21-22,30-33,35-40,42-45H,12,18-20,23-29H2,1-11H3,(H,51,57)(H,52,58)(H,60,61)/t32?,33-,35-,36+,37?,38+,39+,40?,42+,43+,44+,45-/m1/s1. The van der Waals surface area contributed by atoms with Crippen LogP contribution in [0.2, 0.25) is 0 Å². The summed E-state index contributed by atoms with van der Waals surface area (Å²) >= 11 is 0. The third-order valence-electron chi connectivity index (χ3n) is 14.2. The number of nitrogens with one attached hydrogen (secondary N) is 2. The van der Waals surface area contributed by atoms with Crippen molar-refractivity contribution in [2.24, 2.45) is 41.4 Å². The first-order valence-corrected chi connectivity index (χ1v) is 23.7. The lowest BCUT2D eigenvalue weighted by Gasteiger charge is -2.41. The molecule has 3 aliphatic rings. The number of fused-ring (bicyclic) bond motifs is 1. The number of likely N-dealkylation sites (tertiary alicyclic amines) is 1. The summed E-state index contributed by atoms with van der Waals surface area (Å²) in [4.78, 5) is 86.9. The number of benzene rings is 1. The van der Waals surface area contributed by atoms with Crippen LogP contribution >= 0.6 is 0 Å². The summed E-state index contributed by atoms with van der Waals surface area (Å²) in [5.74, 6) is 3.54. The number of nitrogens with zero attached hydrogens (tertiary/aromatic N) is 3. The highest BCUT2D eigenvalue weighted by atomic mass is 16.6. The molecule has 1 aromatic carbocycles. The molecular weight excluding hydrogens is 831 g/mol. The lowest BCUT2D eigenvalue weighted by molar-refractivity contribution is -0.148. The Morgan fingerprint density at radius 1 is 0.846 bits per heavy atom. The normalized spacial score (nSPS) is 22.8. The Hall–Kier alpha value is -4.68. The van der Waals surface area contributed by atoms with E-state index in [1.54, 1.807) is 43.0 Å². The number of hydrogen-bond donors (Lipinski definition) is 3. The lowest BCUT2D eigenvalue weighted by atomic mass is 9.89. The quantitative estimate of drug-likeness (QED) is 0.120. The average molecular weight is 908 g/mol. The number of carbonyl (C=O) groups excluding carboxylic acids is 5. The van der Waals surface area contributed by atoms with Gasteiger partial charge in [-0.25, -0.2) is 9.59 Å². The molecule has 0 aromatic heterocycles. The third-order valence-corrected chi connectivity index (χ3v) is 14.2. The van der Waals surface area contributed by atoms with Crippen molar-refractivity contribution in [1.29, 1.82) is 0 Å².